The third-order valence-corrected chi connectivity index (χ3v) is 3.27. The summed E-state index contributed by atoms with van der Waals surface area (Å²) in [6, 6.07) is 19.7. The highest BCUT2D eigenvalue weighted by Gasteiger charge is 2.16. The van der Waals surface area contributed by atoms with Crippen LogP contribution in [0.1, 0.15) is 32.6 Å². The molecule has 1 amide bonds. The van der Waals surface area contributed by atoms with Gasteiger partial charge in [-0.25, -0.2) is 0 Å². The summed E-state index contributed by atoms with van der Waals surface area (Å²) in [5.74, 6) is 0.163. The van der Waals surface area contributed by atoms with E-state index in [2.05, 4.69) is 6.92 Å². The highest BCUT2D eigenvalue weighted by Crippen LogP contribution is 2.26. The molecule has 0 aliphatic carbocycles. The van der Waals surface area contributed by atoms with Gasteiger partial charge in [-0.15, -0.1) is 12.4 Å². The fourth-order valence-electron chi connectivity index (χ4n) is 2.23. The average molecular weight is 304 g/mol. The van der Waals surface area contributed by atoms with E-state index in [1.807, 2.05) is 65.6 Å². The van der Waals surface area contributed by atoms with Crippen LogP contribution in [0.2, 0.25) is 0 Å². The lowest BCUT2D eigenvalue weighted by atomic mass is 10.1. The molecule has 0 aromatic heterocycles. The minimum atomic E-state index is 0. The monoisotopic (exact) mass is 303 g/mol. The number of anilines is 2. The number of amides is 1. The standard InChI is InChI=1S/C18H21NO.ClH/c1-2-3-6-15-18(20)19(16-11-7-4-8-12-16)17-13-9-5-10-14-17;/h4-5,7-14H,2-3,6,15H2,1H3;1H. The summed E-state index contributed by atoms with van der Waals surface area (Å²) in [6.07, 6.45) is 3.77. The van der Waals surface area contributed by atoms with Crippen molar-refractivity contribution < 1.29 is 4.79 Å². The molecule has 2 nitrogen and oxygen atoms in total. The Morgan fingerprint density at radius 1 is 0.857 bits per heavy atom. The van der Waals surface area contributed by atoms with E-state index in [9.17, 15) is 4.79 Å². The number of rotatable bonds is 6. The van der Waals surface area contributed by atoms with Crippen molar-refractivity contribution in [2.24, 2.45) is 0 Å². The van der Waals surface area contributed by atoms with Crippen LogP contribution in [0.5, 0.6) is 0 Å². The molecular formula is C18H22ClNO. The van der Waals surface area contributed by atoms with E-state index >= 15 is 0 Å². The van der Waals surface area contributed by atoms with Gasteiger partial charge in [-0.2, -0.15) is 0 Å². The molecule has 0 bridgehead atoms. The quantitative estimate of drug-likeness (QED) is 0.658. The minimum Gasteiger partial charge on any atom is -0.281 e. The molecule has 0 aliphatic heterocycles. The summed E-state index contributed by atoms with van der Waals surface area (Å²) < 4.78 is 0. The fourth-order valence-corrected chi connectivity index (χ4v) is 2.23. The smallest absolute Gasteiger partial charge is 0.231 e. The molecule has 0 N–H and O–H groups in total. The molecule has 0 atom stereocenters. The van der Waals surface area contributed by atoms with Crippen LogP contribution in [-0.2, 0) is 4.79 Å². The molecule has 0 saturated heterocycles. The van der Waals surface area contributed by atoms with Crippen molar-refractivity contribution >= 4 is 29.7 Å². The summed E-state index contributed by atoms with van der Waals surface area (Å²) in [4.78, 5) is 14.4. The minimum absolute atomic E-state index is 0. The number of carbonyl (C=O) groups excluding carboxylic acids is 1. The number of hydrogen-bond donors (Lipinski definition) is 0. The van der Waals surface area contributed by atoms with Crippen molar-refractivity contribution in [2.45, 2.75) is 32.6 Å². The molecule has 0 aliphatic rings. The van der Waals surface area contributed by atoms with Gasteiger partial charge in [-0.1, -0.05) is 56.2 Å². The first-order valence-corrected chi connectivity index (χ1v) is 7.26. The molecule has 0 unspecified atom stereocenters. The highest BCUT2D eigenvalue weighted by molar-refractivity contribution is 6.00. The Labute approximate surface area is 133 Å². The number of benzene rings is 2. The van der Waals surface area contributed by atoms with Gasteiger partial charge >= 0.3 is 0 Å². The third kappa shape index (κ3) is 4.91. The number of para-hydroxylation sites is 2. The maximum absolute atomic E-state index is 12.5. The zero-order valence-electron chi connectivity index (χ0n) is 12.4. The predicted octanol–water partition coefficient (Wildman–Crippen LogP) is 5.35. The van der Waals surface area contributed by atoms with Crippen LogP contribution in [0.25, 0.3) is 0 Å². The summed E-state index contributed by atoms with van der Waals surface area (Å²) in [7, 11) is 0. The number of hydrogen-bond acceptors (Lipinski definition) is 1. The Morgan fingerprint density at radius 3 is 1.76 bits per heavy atom. The van der Waals surface area contributed by atoms with Crippen LogP contribution in [0.3, 0.4) is 0 Å². The number of unbranched alkanes of at least 4 members (excludes halogenated alkanes) is 2. The van der Waals surface area contributed by atoms with E-state index < -0.39 is 0 Å². The lowest BCUT2D eigenvalue weighted by Crippen LogP contribution is -2.25. The van der Waals surface area contributed by atoms with Gasteiger partial charge < -0.3 is 0 Å². The summed E-state index contributed by atoms with van der Waals surface area (Å²) >= 11 is 0. The van der Waals surface area contributed by atoms with Gasteiger partial charge in [0.25, 0.3) is 0 Å². The zero-order chi connectivity index (χ0) is 14.2. The van der Waals surface area contributed by atoms with Crippen LogP contribution >= 0.6 is 12.4 Å². The first-order chi connectivity index (χ1) is 9.83. The van der Waals surface area contributed by atoms with Gasteiger partial charge in [0.2, 0.25) is 5.91 Å². The first-order valence-electron chi connectivity index (χ1n) is 7.26. The normalized spacial score (nSPS) is 9.76. The van der Waals surface area contributed by atoms with Crippen molar-refractivity contribution in [3.05, 3.63) is 60.7 Å². The molecule has 0 fully saturated rings. The van der Waals surface area contributed by atoms with Crippen LogP contribution < -0.4 is 4.90 Å². The van der Waals surface area contributed by atoms with Crippen molar-refractivity contribution in [3.8, 4) is 0 Å². The summed E-state index contributed by atoms with van der Waals surface area (Å²) in [6.45, 7) is 2.15. The lowest BCUT2D eigenvalue weighted by molar-refractivity contribution is -0.118. The zero-order valence-corrected chi connectivity index (χ0v) is 13.2. The van der Waals surface area contributed by atoms with Gasteiger partial charge in [0.05, 0.1) is 0 Å². The number of halogens is 1. The molecule has 0 radical (unpaired) electrons. The fraction of sp³-hybridized carbons (Fsp3) is 0.278. The molecule has 0 spiro atoms. The Kier molecular flexibility index (Phi) is 7.55. The Morgan fingerprint density at radius 2 is 1.33 bits per heavy atom. The maximum atomic E-state index is 12.5. The molecule has 21 heavy (non-hydrogen) atoms. The largest absolute Gasteiger partial charge is 0.281 e. The topological polar surface area (TPSA) is 20.3 Å². The first kappa shape index (κ1) is 17.3. The van der Waals surface area contributed by atoms with Crippen molar-refractivity contribution in [1.82, 2.24) is 0 Å². The second-order valence-electron chi connectivity index (χ2n) is 4.86. The lowest BCUT2D eigenvalue weighted by Gasteiger charge is -2.23. The van der Waals surface area contributed by atoms with E-state index in [1.54, 1.807) is 0 Å². The van der Waals surface area contributed by atoms with Crippen LogP contribution in [-0.4, -0.2) is 5.91 Å². The summed E-state index contributed by atoms with van der Waals surface area (Å²) in [5.41, 5.74) is 1.86. The number of nitrogens with zero attached hydrogens (tertiary/aromatic N) is 1. The number of carbonyl (C=O) groups is 1. The van der Waals surface area contributed by atoms with E-state index in [4.69, 9.17) is 0 Å². The van der Waals surface area contributed by atoms with E-state index in [0.717, 1.165) is 30.6 Å². The van der Waals surface area contributed by atoms with Gasteiger partial charge in [-0.05, 0) is 30.7 Å². The van der Waals surface area contributed by atoms with Gasteiger partial charge in [0, 0.05) is 17.8 Å². The van der Waals surface area contributed by atoms with Gasteiger partial charge in [-0.3, -0.25) is 9.69 Å². The molecule has 2 aromatic carbocycles. The van der Waals surface area contributed by atoms with Gasteiger partial charge in [0.1, 0.15) is 0 Å². The highest BCUT2D eigenvalue weighted by atomic mass is 35.5. The second kappa shape index (κ2) is 9.19. The second-order valence-corrected chi connectivity index (χ2v) is 4.86. The van der Waals surface area contributed by atoms with Crippen LogP contribution in [0, 0.1) is 0 Å². The molecule has 3 heteroatoms. The SMILES string of the molecule is CCCCCC(=O)N(c1ccccc1)c1ccccc1.Cl. The average Bonchev–Trinajstić information content (AvgIpc) is 2.50. The van der Waals surface area contributed by atoms with Gasteiger partial charge in [0.15, 0.2) is 0 Å². The van der Waals surface area contributed by atoms with Crippen LogP contribution in [0.4, 0.5) is 11.4 Å². The summed E-state index contributed by atoms with van der Waals surface area (Å²) in [5, 5.41) is 0. The van der Waals surface area contributed by atoms with E-state index in [0.29, 0.717) is 6.42 Å². The molecule has 2 aromatic rings. The molecular weight excluding hydrogens is 282 g/mol. The predicted molar refractivity (Wildman–Crippen MR) is 91.4 cm³/mol. The van der Waals surface area contributed by atoms with Crippen molar-refractivity contribution in [3.63, 3.8) is 0 Å². The molecule has 0 saturated carbocycles. The van der Waals surface area contributed by atoms with E-state index in [-0.39, 0.29) is 18.3 Å². The Hall–Kier alpha value is -1.80. The Bertz CT molecular complexity index is 488. The van der Waals surface area contributed by atoms with Crippen LogP contribution in [0.15, 0.2) is 60.7 Å². The van der Waals surface area contributed by atoms with E-state index in [1.165, 1.54) is 0 Å². The van der Waals surface area contributed by atoms with Crippen molar-refractivity contribution in [1.29, 1.82) is 0 Å². The molecule has 0 heterocycles. The Balaban J connectivity index is 0.00000220. The maximum Gasteiger partial charge on any atom is 0.231 e. The molecule has 2 rings (SSSR count). The molecule has 112 valence electrons. The van der Waals surface area contributed by atoms with Crippen molar-refractivity contribution in [2.75, 3.05) is 4.90 Å². The third-order valence-electron chi connectivity index (χ3n) is 3.27.